The van der Waals surface area contributed by atoms with Gasteiger partial charge in [-0.2, -0.15) is 0 Å². The van der Waals surface area contributed by atoms with Crippen molar-refractivity contribution >= 4 is 0 Å². The van der Waals surface area contributed by atoms with E-state index >= 15 is 0 Å². The zero-order chi connectivity index (χ0) is 13.5. The molecule has 6 heteroatoms. The van der Waals surface area contributed by atoms with Gasteiger partial charge in [-0.15, -0.1) is 0 Å². The molecule has 4 N–H and O–H groups in total. The van der Waals surface area contributed by atoms with E-state index < -0.39 is 37.3 Å². The van der Waals surface area contributed by atoms with E-state index in [0.29, 0.717) is 13.0 Å². The largest absolute Gasteiger partial charge is 0.394 e. The van der Waals surface area contributed by atoms with Crippen LogP contribution in [0.3, 0.4) is 0 Å². The number of rotatable bonds is 6. The molecule has 0 bridgehead atoms. The first-order chi connectivity index (χ1) is 8.61. The Labute approximate surface area is 106 Å². The van der Waals surface area contributed by atoms with Crippen molar-refractivity contribution in [3.8, 4) is 0 Å². The Balaban J connectivity index is 2.41. The smallest absolute Gasteiger partial charge is 0.186 e. The second kappa shape index (κ2) is 7.83. The SMILES string of the molecule is CC/C=C/CCO[C@@H]1O[C@H](CO)[C@@H](O)[C@H](O)[C@@H]1O. The minimum Gasteiger partial charge on any atom is -0.394 e. The van der Waals surface area contributed by atoms with E-state index in [1.54, 1.807) is 0 Å². The standard InChI is InChI=1S/C12H22O6/c1-2-3-4-5-6-17-12-11(16)10(15)9(14)8(7-13)18-12/h3-4,8-16H,2,5-7H2,1H3/b4-3+/t8-,9-,10+,11+,12-/m1/s1. The van der Waals surface area contributed by atoms with Crippen molar-refractivity contribution in [2.75, 3.05) is 13.2 Å². The molecule has 0 aromatic carbocycles. The van der Waals surface area contributed by atoms with Gasteiger partial charge in [0.15, 0.2) is 6.29 Å². The van der Waals surface area contributed by atoms with Crippen LogP contribution < -0.4 is 0 Å². The first-order valence-electron chi connectivity index (χ1n) is 6.19. The molecule has 1 fully saturated rings. The van der Waals surface area contributed by atoms with Gasteiger partial charge < -0.3 is 29.9 Å². The molecule has 18 heavy (non-hydrogen) atoms. The minimum atomic E-state index is -1.38. The van der Waals surface area contributed by atoms with Gasteiger partial charge in [0.2, 0.25) is 0 Å². The van der Waals surface area contributed by atoms with Gasteiger partial charge in [-0.25, -0.2) is 0 Å². The Morgan fingerprint density at radius 3 is 2.44 bits per heavy atom. The van der Waals surface area contributed by atoms with Crippen LogP contribution >= 0.6 is 0 Å². The number of hydrogen-bond donors (Lipinski definition) is 4. The van der Waals surface area contributed by atoms with E-state index in [1.807, 2.05) is 19.1 Å². The van der Waals surface area contributed by atoms with Gasteiger partial charge in [-0.1, -0.05) is 19.1 Å². The van der Waals surface area contributed by atoms with E-state index in [2.05, 4.69) is 0 Å². The molecule has 0 spiro atoms. The third kappa shape index (κ3) is 4.01. The Morgan fingerprint density at radius 1 is 1.11 bits per heavy atom. The quantitative estimate of drug-likeness (QED) is 0.368. The van der Waals surface area contributed by atoms with Crippen LogP contribution in [-0.4, -0.2) is 64.3 Å². The van der Waals surface area contributed by atoms with Crippen molar-refractivity contribution in [1.82, 2.24) is 0 Å². The van der Waals surface area contributed by atoms with Crippen molar-refractivity contribution in [2.24, 2.45) is 0 Å². The molecule has 0 saturated carbocycles. The number of aliphatic hydroxyl groups is 4. The van der Waals surface area contributed by atoms with Crippen LogP contribution in [0.15, 0.2) is 12.2 Å². The van der Waals surface area contributed by atoms with Crippen LogP contribution in [0.25, 0.3) is 0 Å². The Hall–Kier alpha value is -0.500. The molecule has 1 heterocycles. The summed E-state index contributed by atoms with van der Waals surface area (Å²) in [4.78, 5) is 0. The average Bonchev–Trinajstić information content (AvgIpc) is 2.38. The van der Waals surface area contributed by atoms with Crippen molar-refractivity contribution < 1.29 is 29.9 Å². The number of aliphatic hydroxyl groups excluding tert-OH is 4. The number of hydrogen-bond acceptors (Lipinski definition) is 6. The molecule has 1 rings (SSSR count). The summed E-state index contributed by atoms with van der Waals surface area (Å²) in [5.41, 5.74) is 0. The molecule has 1 saturated heterocycles. The number of allylic oxidation sites excluding steroid dienone is 1. The average molecular weight is 262 g/mol. The predicted molar refractivity (Wildman–Crippen MR) is 63.8 cm³/mol. The summed E-state index contributed by atoms with van der Waals surface area (Å²) < 4.78 is 10.5. The lowest BCUT2D eigenvalue weighted by atomic mass is 9.99. The monoisotopic (exact) mass is 262 g/mol. The lowest BCUT2D eigenvalue weighted by Gasteiger charge is -2.39. The molecule has 106 valence electrons. The van der Waals surface area contributed by atoms with Crippen LogP contribution in [0.4, 0.5) is 0 Å². The Morgan fingerprint density at radius 2 is 1.83 bits per heavy atom. The fourth-order valence-corrected chi connectivity index (χ4v) is 1.74. The summed E-state index contributed by atoms with van der Waals surface area (Å²) in [6.07, 6.45) is -0.436. The summed E-state index contributed by atoms with van der Waals surface area (Å²) in [5, 5.41) is 37.7. The summed E-state index contributed by atoms with van der Waals surface area (Å²) in [6.45, 7) is 1.91. The second-order valence-electron chi connectivity index (χ2n) is 4.24. The van der Waals surface area contributed by atoms with Crippen LogP contribution in [0.1, 0.15) is 19.8 Å². The van der Waals surface area contributed by atoms with Gasteiger partial charge in [-0.3, -0.25) is 0 Å². The molecule has 0 aliphatic carbocycles. The lowest BCUT2D eigenvalue weighted by Crippen LogP contribution is -2.59. The molecule has 5 atom stereocenters. The maximum atomic E-state index is 9.66. The van der Waals surface area contributed by atoms with Gasteiger partial charge in [0.25, 0.3) is 0 Å². The van der Waals surface area contributed by atoms with Gasteiger partial charge >= 0.3 is 0 Å². The normalized spacial score (nSPS) is 37.3. The first kappa shape index (κ1) is 15.6. The molecule has 0 amide bonds. The Kier molecular flexibility index (Phi) is 6.77. The van der Waals surface area contributed by atoms with Crippen LogP contribution in [-0.2, 0) is 9.47 Å². The lowest BCUT2D eigenvalue weighted by molar-refractivity contribution is -0.300. The van der Waals surface area contributed by atoms with Crippen LogP contribution in [0, 0.1) is 0 Å². The van der Waals surface area contributed by atoms with Gasteiger partial charge in [0, 0.05) is 0 Å². The van der Waals surface area contributed by atoms with E-state index in [-0.39, 0.29) is 0 Å². The van der Waals surface area contributed by atoms with Crippen molar-refractivity contribution in [3.63, 3.8) is 0 Å². The molecular formula is C12H22O6. The molecule has 1 aliphatic rings. The molecule has 6 nitrogen and oxygen atoms in total. The predicted octanol–water partition coefficient (Wildman–Crippen LogP) is -0.841. The molecule has 0 aromatic rings. The molecular weight excluding hydrogens is 240 g/mol. The van der Waals surface area contributed by atoms with Crippen molar-refractivity contribution in [1.29, 1.82) is 0 Å². The van der Waals surface area contributed by atoms with E-state index in [9.17, 15) is 15.3 Å². The summed E-state index contributed by atoms with van der Waals surface area (Å²) >= 11 is 0. The zero-order valence-corrected chi connectivity index (χ0v) is 10.5. The molecule has 1 aliphatic heterocycles. The zero-order valence-electron chi connectivity index (χ0n) is 10.5. The van der Waals surface area contributed by atoms with E-state index in [4.69, 9.17) is 14.6 Å². The van der Waals surface area contributed by atoms with Gasteiger partial charge in [0.05, 0.1) is 13.2 Å². The molecule has 0 unspecified atom stereocenters. The van der Waals surface area contributed by atoms with Crippen molar-refractivity contribution in [3.05, 3.63) is 12.2 Å². The number of ether oxygens (including phenoxy) is 2. The third-order valence-electron chi connectivity index (χ3n) is 2.82. The fraction of sp³-hybridized carbons (Fsp3) is 0.833. The molecule has 0 radical (unpaired) electrons. The highest BCUT2D eigenvalue weighted by Crippen LogP contribution is 2.21. The maximum absolute atomic E-state index is 9.66. The topological polar surface area (TPSA) is 99.4 Å². The van der Waals surface area contributed by atoms with Crippen LogP contribution in [0.5, 0.6) is 0 Å². The highest BCUT2D eigenvalue weighted by molar-refractivity contribution is 4.89. The first-order valence-corrected chi connectivity index (χ1v) is 6.19. The highest BCUT2D eigenvalue weighted by atomic mass is 16.7. The van der Waals surface area contributed by atoms with E-state index in [1.165, 1.54) is 0 Å². The highest BCUT2D eigenvalue weighted by Gasteiger charge is 2.43. The maximum Gasteiger partial charge on any atom is 0.186 e. The summed E-state index contributed by atoms with van der Waals surface area (Å²) in [5.74, 6) is 0. The van der Waals surface area contributed by atoms with Crippen molar-refractivity contribution in [2.45, 2.75) is 50.5 Å². The second-order valence-corrected chi connectivity index (χ2v) is 4.24. The summed E-state index contributed by atoms with van der Waals surface area (Å²) in [6, 6.07) is 0. The van der Waals surface area contributed by atoms with Crippen LogP contribution in [0.2, 0.25) is 0 Å². The Bertz CT molecular complexity index is 255. The fourth-order valence-electron chi connectivity index (χ4n) is 1.74. The minimum absolute atomic E-state index is 0.333. The summed E-state index contributed by atoms with van der Waals surface area (Å²) in [7, 11) is 0. The molecule has 0 aromatic heterocycles. The van der Waals surface area contributed by atoms with Gasteiger partial charge in [-0.05, 0) is 12.8 Å². The third-order valence-corrected chi connectivity index (χ3v) is 2.82. The van der Waals surface area contributed by atoms with Gasteiger partial charge in [0.1, 0.15) is 24.4 Å². The van der Waals surface area contributed by atoms with E-state index in [0.717, 1.165) is 6.42 Å².